The lowest BCUT2D eigenvalue weighted by atomic mass is 10.2. The van der Waals surface area contributed by atoms with E-state index in [1.807, 2.05) is 13.8 Å². The predicted octanol–water partition coefficient (Wildman–Crippen LogP) is 1.84. The normalized spacial score (nSPS) is 10.5. The Hall–Kier alpha value is -1.32. The van der Waals surface area contributed by atoms with Gasteiger partial charge in [0.2, 0.25) is 5.88 Å². The van der Waals surface area contributed by atoms with Crippen molar-refractivity contribution in [1.29, 1.82) is 0 Å². The number of aromatic nitrogens is 1. The van der Waals surface area contributed by atoms with Gasteiger partial charge in [-0.05, 0) is 5.92 Å². The van der Waals surface area contributed by atoms with Crippen molar-refractivity contribution in [2.24, 2.45) is 5.92 Å². The summed E-state index contributed by atoms with van der Waals surface area (Å²) >= 11 is 0. The van der Waals surface area contributed by atoms with Gasteiger partial charge in [-0.2, -0.15) is 0 Å². The Bertz CT molecular complexity index is 289. The fourth-order valence-corrected chi connectivity index (χ4v) is 0.809. The molecule has 0 fully saturated rings. The Morgan fingerprint density at radius 3 is 2.85 bits per heavy atom. The lowest BCUT2D eigenvalue weighted by Gasteiger charge is -2.08. The van der Waals surface area contributed by atoms with Crippen LogP contribution in [0.5, 0.6) is 5.88 Å². The van der Waals surface area contributed by atoms with E-state index in [4.69, 9.17) is 10.5 Å². The maximum atomic E-state index is 12.5. The number of hydrogen-bond donors (Lipinski definition) is 1. The highest BCUT2D eigenvalue weighted by Gasteiger charge is 2.04. The second-order valence-corrected chi connectivity index (χ2v) is 3.25. The van der Waals surface area contributed by atoms with E-state index in [0.717, 1.165) is 6.20 Å². The van der Waals surface area contributed by atoms with Gasteiger partial charge < -0.3 is 10.5 Å². The van der Waals surface area contributed by atoms with E-state index in [1.54, 1.807) is 0 Å². The van der Waals surface area contributed by atoms with Gasteiger partial charge in [-0.1, -0.05) is 13.8 Å². The molecule has 0 aromatic carbocycles. The summed E-state index contributed by atoms with van der Waals surface area (Å²) in [5.41, 5.74) is 5.72. The highest BCUT2D eigenvalue weighted by molar-refractivity contribution is 5.47. The fraction of sp³-hybridized carbons (Fsp3) is 0.444. The molecule has 1 aromatic heterocycles. The molecule has 0 unspecified atom stereocenters. The van der Waals surface area contributed by atoms with Crippen molar-refractivity contribution < 1.29 is 9.13 Å². The first kappa shape index (κ1) is 9.77. The summed E-state index contributed by atoms with van der Waals surface area (Å²) in [5, 5.41) is 0. The summed E-state index contributed by atoms with van der Waals surface area (Å²) in [7, 11) is 0. The standard InChI is InChI=1S/C9H13FN2O/c1-6(2)5-13-9-8(11)3-7(10)4-12-9/h3-4,6H,5,11H2,1-2H3. The van der Waals surface area contributed by atoms with Crippen molar-refractivity contribution in [3.8, 4) is 5.88 Å². The zero-order valence-corrected chi connectivity index (χ0v) is 7.75. The topological polar surface area (TPSA) is 48.1 Å². The van der Waals surface area contributed by atoms with Gasteiger partial charge in [-0.25, -0.2) is 9.37 Å². The molecular weight excluding hydrogens is 171 g/mol. The third-order valence-electron chi connectivity index (χ3n) is 1.40. The van der Waals surface area contributed by atoms with Gasteiger partial charge in [0.15, 0.2) is 0 Å². The summed E-state index contributed by atoms with van der Waals surface area (Å²) in [6.07, 6.45) is 1.09. The van der Waals surface area contributed by atoms with Gasteiger partial charge in [0.25, 0.3) is 0 Å². The molecule has 72 valence electrons. The highest BCUT2D eigenvalue weighted by Crippen LogP contribution is 2.18. The Balaban J connectivity index is 2.67. The molecule has 0 aliphatic rings. The SMILES string of the molecule is CC(C)COc1ncc(F)cc1N. The van der Waals surface area contributed by atoms with Crippen molar-refractivity contribution in [3.63, 3.8) is 0 Å². The molecule has 1 rings (SSSR count). The third-order valence-corrected chi connectivity index (χ3v) is 1.40. The monoisotopic (exact) mass is 184 g/mol. The van der Waals surface area contributed by atoms with Crippen LogP contribution in [-0.2, 0) is 0 Å². The average molecular weight is 184 g/mol. The van der Waals surface area contributed by atoms with E-state index >= 15 is 0 Å². The van der Waals surface area contributed by atoms with Crippen LogP contribution in [0.3, 0.4) is 0 Å². The van der Waals surface area contributed by atoms with E-state index in [0.29, 0.717) is 18.4 Å². The molecule has 1 aromatic rings. The molecule has 0 aliphatic carbocycles. The molecule has 4 heteroatoms. The zero-order chi connectivity index (χ0) is 9.84. The minimum Gasteiger partial charge on any atom is -0.476 e. The van der Waals surface area contributed by atoms with Gasteiger partial charge >= 0.3 is 0 Å². The van der Waals surface area contributed by atoms with Crippen LogP contribution in [0, 0.1) is 11.7 Å². The van der Waals surface area contributed by atoms with Gasteiger partial charge in [0, 0.05) is 6.07 Å². The zero-order valence-electron chi connectivity index (χ0n) is 7.75. The van der Waals surface area contributed by atoms with E-state index in [2.05, 4.69) is 4.98 Å². The minimum atomic E-state index is -0.450. The van der Waals surface area contributed by atoms with Crippen LogP contribution in [0.25, 0.3) is 0 Å². The number of ether oxygens (including phenoxy) is 1. The molecule has 2 N–H and O–H groups in total. The molecule has 0 aliphatic heterocycles. The fourth-order valence-electron chi connectivity index (χ4n) is 0.809. The number of nitrogen functional groups attached to an aromatic ring is 1. The lowest BCUT2D eigenvalue weighted by Crippen LogP contribution is -2.07. The Kier molecular flexibility index (Phi) is 3.06. The first-order valence-corrected chi connectivity index (χ1v) is 4.13. The molecule has 0 bridgehead atoms. The predicted molar refractivity (Wildman–Crippen MR) is 48.9 cm³/mol. The van der Waals surface area contributed by atoms with Gasteiger partial charge in [-0.15, -0.1) is 0 Å². The number of rotatable bonds is 3. The van der Waals surface area contributed by atoms with Crippen LogP contribution in [0.15, 0.2) is 12.3 Å². The third kappa shape index (κ3) is 2.89. The van der Waals surface area contributed by atoms with Crippen LogP contribution in [0.2, 0.25) is 0 Å². The summed E-state index contributed by atoms with van der Waals surface area (Å²) < 4.78 is 17.8. The summed E-state index contributed by atoms with van der Waals surface area (Å²) in [6.45, 7) is 4.56. The first-order chi connectivity index (χ1) is 6.09. The average Bonchev–Trinajstić information content (AvgIpc) is 2.02. The van der Waals surface area contributed by atoms with E-state index in [9.17, 15) is 4.39 Å². The molecule has 0 radical (unpaired) electrons. The van der Waals surface area contributed by atoms with Gasteiger partial charge in [0.05, 0.1) is 18.5 Å². The van der Waals surface area contributed by atoms with Crippen molar-refractivity contribution in [3.05, 3.63) is 18.1 Å². The van der Waals surface area contributed by atoms with Crippen molar-refractivity contribution >= 4 is 5.69 Å². The van der Waals surface area contributed by atoms with Crippen LogP contribution in [0.4, 0.5) is 10.1 Å². The Morgan fingerprint density at radius 2 is 2.31 bits per heavy atom. The van der Waals surface area contributed by atoms with E-state index in [1.165, 1.54) is 6.07 Å². The molecule has 0 spiro atoms. The number of nitrogens with two attached hydrogens (primary N) is 1. The van der Waals surface area contributed by atoms with Crippen molar-refractivity contribution in [2.75, 3.05) is 12.3 Å². The minimum absolute atomic E-state index is 0.237. The van der Waals surface area contributed by atoms with Crippen LogP contribution in [0.1, 0.15) is 13.8 Å². The summed E-state index contributed by atoms with van der Waals surface area (Å²) in [6, 6.07) is 1.20. The molecule has 3 nitrogen and oxygen atoms in total. The highest BCUT2D eigenvalue weighted by atomic mass is 19.1. The number of halogens is 1. The van der Waals surface area contributed by atoms with Crippen LogP contribution < -0.4 is 10.5 Å². The summed E-state index contributed by atoms with van der Waals surface area (Å²) in [5.74, 6) is 0.246. The molecule has 0 saturated heterocycles. The van der Waals surface area contributed by atoms with Crippen LogP contribution >= 0.6 is 0 Å². The molecular formula is C9H13FN2O. The molecule has 0 atom stereocenters. The molecule has 1 heterocycles. The smallest absolute Gasteiger partial charge is 0.237 e. The number of nitrogens with zero attached hydrogens (tertiary/aromatic N) is 1. The Morgan fingerprint density at radius 1 is 1.62 bits per heavy atom. The second-order valence-electron chi connectivity index (χ2n) is 3.25. The molecule has 0 saturated carbocycles. The number of hydrogen-bond acceptors (Lipinski definition) is 3. The second kappa shape index (κ2) is 4.07. The number of anilines is 1. The van der Waals surface area contributed by atoms with Gasteiger partial charge in [0.1, 0.15) is 5.82 Å². The van der Waals surface area contributed by atoms with Crippen molar-refractivity contribution in [2.45, 2.75) is 13.8 Å². The number of pyridine rings is 1. The largest absolute Gasteiger partial charge is 0.476 e. The molecule has 0 amide bonds. The molecule has 13 heavy (non-hydrogen) atoms. The van der Waals surface area contributed by atoms with E-state index < -0.39 is 5.82 Å². The van der Waals surface area contributed by atoms with Crippen LogP contribution in [-0.4, -0.2) is 11.6 Å². The Labute approximate surface area is 76.7 Å². The quantitative estimate of drug-likeness (QED) is 0.779. The van der Waals surface area contributed by atoms with Crippen molar-refractivity contribution in [1.82, 2.24) is 4.98 Å². The summed E-state index contributed by atoms with van der Waals surface area (Å²) in [4.78, 5) is 3.73. The van der Waals surface area contributed by atoms with Gasteiger partial charge in [-0.3, -0.25) is 0 Å². The van der Waals surface area contributed by atoms with E-state index in [-0.39, 0.29) is 5.69 Å². The maximum absolute atomic E-state index is 12.5. The lowest BCUT2D eigenvalue weighted by molar-refractivity contribution is 0.262. The maximum Gasteiger partial charge on any atom is 0.237 e. The first-order valence-electron chi connectivity index (χ1n) is 4.13.